The molecule has 1 aromatic carbocycles. The second kappa shape index (κ2) is 5.22. The third-order valence-electron chi connectivity index (χ3n) is 2.76. The molecule has 1 heterocycles. The summed E-state index contributed by atoms with van der Waals surface area (Å²) in [6.45, 7) is 1.71. The Labute approximate surface area is 116 Å². The highest BCUT2D eigenvalue weighted by Gasteiger charge is 2.25. The van der Waals surface area contributed by atoms with Crippen molar-refractivity contribution in [3.63, 3.8) is 0 Å². The summed E-state index contributed by atoms with van der Waals surface area (Å²) in [5, 5.41) is 3.72. The monoisotopic (exact) mass is 299 g/mol. The van der Waals surface area contributed by atoms with Gasteiger partial charge in [0.2, 0.25) is 10.0 Å². The van der Waals surface area contributed by atoms with Crippen LogP contribution in [0.1, 0.15) is 11.5 Å². The topological polar surface area (TPSA) is 89.4 Å². The van der Waals surface area contributed by atoms with Crippen molar-refractivity contribution in [1.29, 1.82) is 0 Å². The summed E-state index contributed by atoms with van der Waals surface area (Å²) >= 11 is 0. The molecule has 0 bridgehead atoms. The van der Waals surface area contributed by atoms with E-state index in [2.05, 4.69) is 5.16 Å². The molecule has 2 aromatic rings. The fourth-order valence-corrected chi connectivity index (χ4v) is 2.98. The number of para-hydroxylation sites is 1. The number of nitrogen functional groups attached to an aromatic ring is 1. The van der Waals surface area contributed by atoms with Gasteiger partial charge in [-0.2, -0.15) is 4.31 Å². The van der Waals surface area contributed by atoms with Gasteiger partial charge in [0, 0.05) is 13.1 Å². The lowest BCUT2D eigenvalue weighted by atomic mass is 10.3. The fourth-order valence-electron chi connectivity index (χ4n) is 1.72. The average molecular weight is 299 g/mol. The Morgan fingerprint density at radius 1 is 1.45 bits per heavy atom. The molecule has 0 atom stereocenters. The van der Waals surface area contributed by atoms with Crippen molar-refractivity contribution in [2.75, 3.05) is 12.8 Å². The van der Waals surface area contributed by atoms with Crippen LogP contribution in [0.15, 0.2) is 33.7 Å². The van der Waals surface area contributed by atoms with E-state index in [1.54, 1.807) is 13.0 Å². The number of hydrogen-bond donors (Lipinski definition) is 1. The average Bonchev–Trinajstić information content (AvgIpc) is 2.78. The maximum atomic E-state index is 13.4. The minimum absolute atomic E-state index is 0.00955. The number of nitrogens with two attached hydrogens (primary N) is 1. The summed E-state index contributed by atoms with van der Waals surface area (Å²) in [5.41, 5.74) is 5.56. The molecule has 0 aliphatic carbocycles. The van der Waals surface area contributed by atoms with Gasteiger partial charge in [-0.3, -0.25) is 0 Å². The predicted molar refractivity (Wildman–Crippen MR) is 70.7 cm³/mol. The lowest BCUT2D eigenvalue weighted by molar-refractivity contribution is 0.378. The van der Waals surface area contributed by atoms with Gasteiger partial charge >= 0.3 is 0 Å². The zero-order valence-electron chi connectivity index (χ0n) is 11.0. The maximum Gasteiger partial charge on any atom is 0.245 e. The number of anilines is 1. The SMILES string of the molecule is Cc1cc(CN(C)S(=O)(=O)c2cccc(F)c2N)no1. The molecule has 0 radical (unpaired) electrons. The number of aromatic nitrogens is 1. The molecule has 20 heavy (non-hydrogen) atoms. The molecule has 0 aliphatic rings. The number of halogens is 1. The molecule has 0 fully saturated rings. The summed E-state index contributed by atoms with van der Waals surface area (Å²) in [6.07, 6.45) is 0. The summed E-state index contributed by atoms with van der Waals surface area (Å²) in [7, 11) is -2.53. The molecule has 2 N–H and O–H groups in total. The molecule has 2 rings (SSSR count). The van der Waals surface area contributed by atoms with Gasteiger partial charge in [0.1, 0.15) is 16.5 Å². The van der Waals surface area contributed by atoms with Crippen molar-refractivity contribution < 1.29 is 17.3 Å². The van der Waals surface area contributed by atoms with Crippen molar-refractivity contribution in [3.8, 4) is 0 Å². The first-order valence-electron chi connectivity index (χ1n) is 5.75. The second-order valence-electron chi connectivity index (χ2n) is 4.34. The second-order valence-corrected chi connectivity index (χ2v) is 6.35. The summed E-state index contributed by atoms with van der Waals surface area (Å²) in [6, 6.07) is 5.29. The van der Waals surface area contributed by atoms with Crippen LogP contribution in [0.25, 0.3) is 0 Å². The van der Waals surface area contributed by atoms with E-state index in [9.17, 15) is 12.8 Å². The smallest absolute Gasteiger partial charge is 0.245 e. The van der Waals surface area contributed by atoms with E-state index >= 15 is 0 Å². The Bertz CT molecular complexity index is 727. The lowest BCUT2D eigenvalue weighted by Crippen LogP contribution is -2.27. The third-order valence-corrected chi connectivity index (χ3v) is 4.62. The van der Waals surface area contributed by atoms with E-state index in [1.165, 1.54) is 19.2 Å². The van der Waals surface area contributed by atoms with E-state index in [1.807, 2.05) is 0 Å². The van der Waals surface area contributed by atoms with Gasteiger partial charge in [0.15, 0.2) is 0 Å². The van der Waals surface area contributed by atoms with Crippen LogP contribution in [0.4, 0.5) is 10.1 Å². The largest absolute Gasteiger partial charge is 0.395 e. The number of nitrogens with zero attached hydrogens (tertiary/aromatic N) is 2. The van der Waals surface area contributed by atoms with E-state index in [4.69, 9.17) is 10.3 Å². The number of benzene rings is 1. The highest BCUT2D eigenvalue weighted by molar-refractivity contribution is 7.89. The van der Waals surface area contributed by atoms with Gasteiger partial charge in [-0.25, -0.2) is 12.8 Å². The minimum atomic E-state index is -3.89. The molecule has 8 heteroatoms. The Hall–Kier alpha value is -1.93. The van der Waals surface area contributed by atoms with Crippen molar-refractivity contribution in [3.05, 3.63) is 41.5 Å². The van der Waals surface area contributed by atoms with Crippen molar-refractivity contribution >= 4 is 15.7 Å². The first-order chi connectivity index (χ1) is 9.32. The number of hydrogen-bond acceptors (Lipinski definition) is 5. The molecule has 108 valence electrons. The fraction of sp³-hybridized carbons (Fsp3) is 0.250. The predicted octanol–water partition coefficient (Wildman–Crippen LogP) is 1.53. The number of sulfonamides is 1. The molecule has 0 saturated heterocycles. The Kier molecular flexibility index (Phi) is 3.78. The molecular formula is C12H14FN3O3S. The van der Waals surface area contributed by atoms with Crippen LogP contribution >= 0.6 is 0 Å². The summed E-state index contributed by atoms with van der Waals surface area (Å²) in [5.74, 6) is -0.187. The van der Waals surface area contributed by atoms with E-state index in [0.29, 0.717) is 11.5 Å². The van der Waals surface area contributed by atoms with Gasteiger partial charge in [0.05, 0.1) is 17.9 Å². The molecule has 0 unspecified atom stereocenters. The Balaban J connectivity index is 2.32. The van der Waals surface area contributed by atoms with Gasteiger partial charge in [-0.15, -0.1) is 0 Å². The van der Waals surface area contributed by atoms with E-state index in [-0.39, 0.29) is 11.4 Å². The summed E-state index contributed by atoms with van der Waals surface area (Å²) < 4.78 is 43.9. The number of aryl methyl sites for hydroxylation is 1. The zero-order valence-corrected chi connectivity index (χ0v) is 11.8. The maximum absolute atomic E-state index is 13.4. The van der Waals surface area contributed by atoms with Crippen LogP contribution in [0.2, 0.25) is 0 Å². The van der Waals surface area contributed by atoms with Crippen LogP contribution in [0, 0.1) is 12.7 Å². The van der Waals surface area contributed by atoms with Crippen LogP contribution in [0.5, 0.6) is 0 Å². The standard InChI is InChI=1S/C12H14FN3O3S/c1-8-6-9(15-19-8)7-16(2)20(17,18)11-5-3-4-10(13)12(11)14/h3-6H,7,14H2,1-2H3. The van der Waals surface area contributed by atoms with Crippen LogP contribution in [-0.2, 0) is 16.6 Å². The quantitative estimate of drug-likeness (QED) is 0.865. The van der Waals surface area contributed by atoms with E-state index in [0.717, 1.165) is 10.4 Å². The van der Waals surface area contributed by atoms with Crippen LogP contribution in [0.3, 0.4) is 0 Å². The van der Waals surface area contributed by atoms with Crippen molar-refractivity contribution in [1.82, 2.24) is 9.46 Å². The first kappa shape index (κ1) is 14.5. The number of rotatable bonds is 4. The minimum Gasteiger partial charge on any atom is -0.395 e. The van der Waals surface area contributed by atoms with Crippen molar-refractivity contribution in [2.24, 2.45) is 0 Å². The van der Waals surface area contributed by atoms with Crippen LogP contribution in [-0.4, -0.2) is 24.9 Å². The van der Waals surface area contributed by atoms with Gasteiger partial charge < -0.3 is 10.3 Å². The molecule has 6 nitrogen and oxygen atoms in total. The molecule has 0 saturated carbocycles. The van der Waals surface area contributed by atoms with Gasteiger partial charge in [0.25, 0.3) is 0 Å². The van der Waals surface area contributed by atoms with Gasteiger partial charge in [-0.1, -0.05) is 11.2 Å². The normalized spacial score (nSPS) is 12.0. The Morgan fingerprint density at radius 2 is 2.15 bits per heavy atom. The molecule has 0 aliphatic heterocycles. The van der Waals surface area contributed by atoms with Gasteiger partial charge in [-0.05, 0) is 19.1 Å². The zero-order chi connectivity index (χ0) is 14.9. The van der Waals surface area contributed by atoms with Crippen LogP contribution < -0.4 is 5.73 Å². The molecule has 0 spiro atoms. The summed E-state index contributed by atoms with van der Waals surface area (Å²) in [4.78, 5) is -0.264. The highest BCUT2D eigenvalue weighted by atomic mass is 32.2. The molecule has 1 aromatic heterocycles. The third kappa shape index (κ3) is 2.66. The Morgan fingerprint density at radius 3 is 2.75 bits per heavy atom. The highest BCUT2D eigenvalue weighted by Crippen LogP contribution is 2.24. The molecular weight excluding hydrogens is 285 g/mol. The first-order valence-corrected chi connectivity index (χ1v) is 7.19. The van der Waals surface area contributed by atoms with Crippen molar-refractivity contribution in [2.45, 2.75) is 18.4 Å². The van der Waals surface area contributed by atoms with E-state index < -0.39 is 21.5 Å². The molecule has 0 amide bonds. The lowest BCUT2D eigenvalue weighted by Gasteiger charge is -2.17.